The Morgan fingerprint density at radius 2 is 2.12 bits per heavy atom. The van der Waals surface area contributed by atoms with E-state index >= 15 is 0 Å². The number of rotatable bonds is 5. The zero-order valence-electron chi connectivity index (χ0n) is 8.93. The number of Topliss-reactive ketones (excluding diaryl/α,β-unsaturated/α-hetero) is 1. The van der Waals surface area contributed by atoms with E-state index in [4.69, 9.17) is 0 Å². The third-order valence-corrected chi connectivity index (χ3v) is 3.92. The molecule has 0 radical (unpaired) electrons. The third-order valence-electron chi connectivity index (χ3n) is 2.07. The van der Waals surface area contributed by atoms with E-state index in [1.807, 2.05) is 0 Å². The second-order valence-electron chi connectivity index (χ2n) is 3.43. The number of halogens is 1. The van der Waals surface area contributed by atoms with Crippen LogP contribution >= 0.6 is 23.1 Å². The second-order valence-corrected chi connectivity index (χ2v) is 5.45. The predicted octanol–water partition coefficient (Wildman–Crippen LogP) is 3.19. The van der Waals surface area contributed by atoms with Crippen molar-refractivity contribution >= 4 is 28.9 Å². The monoisotopic (exact) mass is 267 g/mol. The van der Waals surface area contributed by atoms with Crippen molar-refractivity contribution in [2.24, 2.45) is 0 Å². The maximum absolute atomic E-state index is 12.7. The molecule has 5 heteroatoms. The molecule has 0 aliphatic heterocycles. The molecular formula is C12H10FNOS2. The number of hydrogen-bond donors (Lipinski definition) is 0. The fourth-order valence-electron chi connectivity index (χ4n) is 1.27. The summed E-state index contributed by atoms with van der Waals surface area (Å²) in [5.41, 5.74) is 1.72. The molecule has 2 aromatic rings. The van der Waals surface area contributed by atoms with Gasteiger partial charge in [-0.2, -0.15) is 0 Å². The molecule has 0 amide bonds. The molecular weight excluding hydrogens is 257 g/mol. The number of ketones is 1. The van der Waals surface area contributed by atoms with Gasteiger partial charge in [-0.1, -0.05) is 0 Å². The lowest BCUT2D eigenvalue weighted by Gasteiger charge is -2.00. The van der Waals surface area contributed by atoms with Crippen molar-refractivity contribution in [2.45, 2.75) is 11.3 Å². The van der Waals surface area contributed by atoms with Crippen molar-refractivity contribution < 1.29 is 9.18 Å². The summed E-state index contributed by atoms with van der Waals surface area (Å²) in [7, 11) is 0. The lowest BCUT2D eigenvalue weighted by molar-refractivity contribution is -0.115. The fourth-order valence-corrected chi connectivity index (χ4v) is 2.65. The summed E-state index contributed by atoms with van der Waals surface area (Å²) in [6, 6.07) is 6.16. The van der Waals surface area contributed by atoms with Gasteiger partial charge < -0.3 is 0 Å². The normalized spacial score (nSPS) is 10.4. The zero-order chi connectivity index (χ0) is 12.1. The number of benzene rings is 1. The van der Waals surface area contributed by atoms with Gasteiger partial charge in [0.05, 0.1) is 11.3 Å². The van der Waals surface area contributed by atoms with Crippen molar-refractivity contribution in [2.75, 3.05) is 5.75 Å². The zero-order valence-corrected chi connectivity index (χ0v) is 10.6. The van der Waals surface area contributed by atoms with Crippen molar-refractivity contribution in [3.63, 3.8) is 0 Å². The molecule has 2 rings (SSSR count). The van der Waals surface area contributed by atoms with Gasteiger partial charge in [-0.3, -0.25) is 9.78 Å². The van der Waals surface area contributed by atoms with Crippen LogP contribution < -0.4 is 0 Å². The maximum Gasteiger partial charge on any atom is 0.148 e. The van der Waals surface area contributed by atoms with Crippen LogP contribution in [0, 0.1) is 5.82 Å². The van der Waals surface area contributed by atoms with Crippen LogP contribution in [0.25, 0.3) is 0 Å². The van der Waals surface area contributed by atoms with E-state index in [0.29, 0.717) is 12.2 Å². The van der Waals surface area contributed by atoms with Crippen molar-refractivity contribution in [1.82, 2.24) is 4.98 Å². The van der Waals surface area contributed by atoms with E-state index in [2.05, 4.69) is 4.98 Å². The highest BCUT2D eigenvalue weighted by Gasteiger charge is 2.06. The van der Waals surface area contributed by atoms with Crippen molar-refractivity contribution in [3.05, 3.63) is 46.7 Å². The summed E-state index contributed by atoms with van der Waals surface area (Å²) in [6.07, 6.45) is 2.14. The van der Waals surface area contributed by atoms with E-state index in [1.54, 1.807) is 23.8 Å². The summed E-state index contributed by atoms with van der Waals surface area (Å²) in [5.74, 6) is 0.303. The first-order valence-corrected chi connectivity index (χ1v) is 6.88. The highest BCUT2D eigenvalue weighted by atomic mass is 32.2. The predicted molar refractivity (Wildman–Crippen MR) is 67.9 cm³/mol. The Morgan fingerprint density at radius 3 is 2.76 bits per heavy atom. The highest BCUT2D eigenvalue weighted by Crippen LogP contribution is 2.19. The van der Waals surface area contributed by atoms with E-state index in [1.165, 1.54) is 35.2 Å². The first kappa shape index (κ1) is 12.3. The van der Waals surface area contributed by atoms with E-state index in [9.17, 15) is 9.18 Å². The molecule has 1 aromatic heterocycles. The Kier molecular flexibility index (Phi) is 4.28. The van der Waals surface area contributed by atoms with Crippen LogP contribution in [0.1, 0.15) is 4.88 Å². The fraction of sp³-hybridized carbons (Fsp3) is 0.167. The summed E-state index contributed by atoms with van der Waals surface area (Å²) < 4.78 is 12.7. The quantitative estimate of drug-likeness (QED) is 0.779. The van der Waals surface area contributed by atoms with Crippen LogP contribution in [0.3, 0.4) is 0 Å². The topological polar surface area (TPSA) is 30.0 Å². The minimum Gasteiger partial charge on any atom is -0.298 e. The third kappa shape index (κ3) is 3.94. The van der Waals surface area contributed by atoms with Crippen molar-refractivity contribution in [1.29, 1.82) is 0 Å². The molecule has 0 atom stereocenters. The molecule has 0 fully saturated rings. The largest absolute Gasteiger partial charge is 0.298 e. The molecule has 1 aromatic carbocycles. The van der Waals surface area contributed by atoms with Gasteiger partial charge in [-0.05, 0) is 24.3 Å². The minimum absolute atomic E-state index is 0.156. The average molecular weight is 267 g/mol. The van der Waals surface area contributed by atoms with Gasteiger partial charge in [0.1, 0.15) is 11.6 Å². The summed E-state index contributed by atoms with van der Waals surface area (Å²) in [5, 5.41) is 0. The van der Waals surface area contributed by atoms with Crippen LogP contribution in [0.4, 0.5) is 4.39 Å². The molecule has 0 saturated carbocycles. The lowest BCUT2D eigenvalue weighted by Crippen LogP contribution is -2.04. The van der Waals surface area contributed by atoms with E-state index < -0.39 is 0 Å². The van der Waals surface area contributed by atoms with E-state index in [-0.39, 0.29) is 11.6 Å². The molecule has 0 aliphatic carbocycles. The smallest absolute Gasteiger partial charge is 0.148 e. The Hall–Kier alpha value is -1.20. The number of nitrogens with zero attached hydrogens (tertiary/aromatic N) is 1. The molecule has 88 valence electrons. The van der Waals surface area contributed by atoms with Gasteiger partial charge in [0.25, 0.3) is 0 Å². The summed E-state index contributed by atoms with van der Waals surface area (Å²) in [4.78, 5) is 17.4. The molecule has 0 N–H and O–H groups in total. The number of thiazole rings is 1. The van der Waals surface area contributed by atoms with Crippen LogP contribution in [0.5, 0.6) is 0 Å². The molecule has 0 spiro atoms. The molecule has 2 nitrogen and oxygen atoms in total. The van der Waals surface area contributed by atoms with Crippen LogP contribution in [0.15, 0.2) is 40.9 Å². The Balaban J connectivity index is 1.82. The first-order chi connectivity index (χ1) is 8.24. The van der Waals surface area contributed by atoms with Gasteiger partial charge in [0.15, 0.2) is 0 Å². The number of aromatic nitrogens is 1. The Bertz CT molecular complexity index is 482. The van der Waals surface area contributed by atoms with Crippen LogP contribution in [-0.2, 0) is 11.2 Å². The van der Waals surface area contributed by atoms with Gasteiger partial charge >= 0.3 is 0 Å². The van der Waals surface area contributed by atoms with Gasteiger partial charge in [-0.25, -0.2) is 4.39 Å². The standard InChI is InChI=1S/C12H10FNOS2/c13-9-1-3-11(4-2-9)16-7-10(15)5-12-6-14-8-17-12/h1-4,6,8H,5,7H2. The molecule has 1 heterocycles. The summed E-state index contributed by atoms with van der Waals surface area (Å²) >= 11 is 2.91. The van der Waals surface area contributed by atoms with Gasteiger partial charge in [0, 0.05) is 22.4 Å². The SMILES string of the molecule is O=C(CSc1ccc(F)cc1)Cc1cncs1. The lowest BCUT2D eigenvalue weighted by atomic mass is 10.3. The average Bonchev–Trinajstić information content (AvgIpc) is 2.81. The maximum atomic E-state index is 12.7. The highest BCUT2D eigenvalue weighted by molar-refractivity contribution is 8.00. The van der Waals surface area contributed by atoms with Crippen molar-refractivity contribution in [3.8, 4) is 0 Å². The molecule has 0 saturated heterocycles. The number of thioether (sulfide) groups is 1. The molecule has 0 bridgehead atoms. The Morgan fingerprint density at radius 1 is 1.35 bits per heavy atom. The minimum atomic E-state index is -0.259. The second kappa shape index (κ2) is 5.93. The van der Waals surface area contributed by atoms with Crippen LogP contribution in [-0.4, -0.2) is 16.5 Å². The number of carbonyl (C=O) groups is 1. The summed E-state index contributed by atoms with van der Waals surface area (Å²) in [6.45, 7) is 0. The van der Waals surface area contributed by atoms with Crippen LogP contribution in [0.2, 0.25) is 0 Å². The van der Waals surface area contributed by atoms with Gasteiger partial charge in [0.2, 0.25) is 0 Å². The molecule has 0 unspecified atom stereocenters. The first-order valence-electron chi connectivity index (χ1n) is 5.01. The Labute approximate surface area is 107 Å². The number of hydrogen-bond acceptors (Lipinski definition) is 4. The van der Waals surface area contributed by atoms with E-state index in [0.717, 1.165) is 9.77 Å². The molecule has 17 heavy (non-hydrogen) atoms. The van der Waals surface area contributed by atoms with Gasteiger partial charge in [-0.15, -0.1) is 23.1 Å². The number of carbonyl (C=O) groups excluding carboxylic acids is 1. The molecule has 0 aliphatic rings.